The van der Waals surface area contributed by atoms with Crippen molar-refractivity contribution < 1.29 is 26.7 Å². The van der Waals surface area contributed by atoms with Crippen LogP contribution in [0.25, 0.3) is 10.9 Å². The summed E-state index contributed by atoms with van der Waals surface area (Å²) in [4.78, 5) is 17.2. The fraction of sp³-hybridized carbons (Fsp3) is 0.273. The highest BCUT2D eigenvalue weighted by Crippen LogP contribution is 2.34. The van der Waals surface area contributed by atoms with Gasteiger partial charge in [0.1, 0.15) is 33.4 Å². The van der Waals surface area contributed by atoms with Crippen molar-refractivity contribution in [3.05, 3.63) is 65.9 Å². The molecule has 0 aliphatic heterocycles. The summed E-state index contributed by atoms with van der Waals surface area (Å²) < 4.78 is 57.7. The fourth-order valence-electron chi connectivity index (χ4n) is 3.12. The Hall–Kier alpha value is -2.87. The number of fused-ring (bicyclic) bond motifs is 1. The van der Waals surface area contributed by atoms with Crippen LogP contribution in [0.1, 0.15) is 38.1 Å². The fourth-order valence-corrected chi connectivity index (χ4v) is 4.65. The van der Waals surface area contributed by atoms with Gasteiger partial charge in [-0.2, -0.15) is 0 Å². The van der Waals surface area contributed by atoms with Gasteiger partial charge in [0.2, 0.25) is 0 Å². The van der Waals surface area contributed by atoms with E-state index in [2.05, 4.69) is 4.98 Å². The lowest BCUT2D eigenvalue weighted by atomic mass is 9.98. The Morgan fingerprint density at radius 3 is 2.37 bits per heavy atom. The van der Waals surface area contributed by atoms with Gasteiger partial charge in [-0.05, 0) is 52.0 Å². The van der Waals surface area contributed by atoms with Gasteiger partial charge in [0.25, 0.3) is 0 Å². The van der Waals surface area contributed by atoms with E-state index < -0.39 is 42.8 Å². The molecule has 158 valence electrons. The second-order valence-corrected chi connectivity index (χ2v) is 10.7. The van der Waals surface area contributed by atoms with E-state index in [-0.39, 0.29) is 17.0 Å². The molecule has 0 saturated heterocycles. The molecule has 30 heavy (non-hydrogen) atoms. The Balaban J connectivity index is 2.07. The maximum atomic E-state index is 14.7. The number of aromatic nitrogens is 1. The van der Waals surface area contributed by atoms with Crippen molar-refractivity contribution in [1.29, 1.82) is 0 Å². The number of carbonyl (C=O) groups excluding carboxylic acids is 1. The minimum absolute atomic E-state index is 0.143. The number of Topliss-reactive ketones (excluding diaryl/α,β-unsaturated/α-hetero) is 1. The molecule has 0 aliphatic carbocycles. The summed E-state index contributed by atoms with van der Waals surface area (Å²) in [6.07, 6.45) is 1.25. The summed E-state index contributed by atoms with van der Waals surface area (Å²) in [6.45, 7) is 5.43. The summed E-state index contributed by atoms with van der Waals surface area (Å²) in [5.74, 6) is -2.31. The van der Waals surface area contributed by atoms with Crippen molar-refractivity contribution in [2.75, 3.05) is 0 Å². The summed E-state index contributed by atoms with van der Waals surface area (Å²) in [5.41, 5.74) is -0.324. The normalized spacial score (nSPS) is 12.4. The van der Waals surface area contributed by atoms with Crippen molar-refractivity contribution in [2.24, 2.45) is 0 Å². The lowest BCUT2D eigenvalue weighted by molar-refractivity contribution is 0.0946. The quantitative estimate of drug-likeness (QED) is 0.506. The smallest absolute Gasteiger partial charge is 0.190 e. The number of ether oxygens (including phenoxy) is 1. The third-order valence-corrected chi connectivity index (χ3v) is 7.79. The summed E-state index contributed by atoms with van der Waals surface area (Å²) in [6, 6.07) is 9.70. The summed E-state index contributed by atoms with van der Waals surface area (Å²) >= 11 is 0. The van der Waals surface area contributed by atoms with Crippen molar-refractivity contribution in [1.82, 2.24) is 4.98 Å². The molecule has 0 unspecified atom stereocenters. The van der Waals surface area contributed by atoms with Crippen LogP contribution in [0, 0.1) is 11.6 Å². The van der Waals surface area contributed by atoms with Crippen LogP contribution in [0.3, 0.4) is 0 Å². The molecule has 0 bridgehead atoms. The Labute approximate surface area is 173 Å². The molecular formula is C22H21F2NO4S. The zero-order valence-electron chi connectivity index (χ0n) is 16.9. The number of para-hydroxylation sites is 1. The standard InChI is InChI=1S/C22H21F2NO4S/c1-13(2)30(27,28)22(3,4)21(26)19-16(23)8-6-10-18(19)29-15-11-14-7-5-9-17(24)20(14)25-12-15/h5-13H,1-4H3. The summed E-state index contributed by atoms with van der Waals surface area (Å²) in [5, 5.41) is -0.369. The number of pyridine rings is 1. The van der Waals surface area contributed by atoms with E-state index >= 15 is 0 Å². The van der Waals surface area contributed by atoms with Crippen molar-refractivity contribution in [3.8, 4) is 11.5 Å². The Morgan fingerprint density at radius 1 is 1.07 bits per heavy atom. The number of sulfone groups is 1. The minimum atomic E-state index is -3.89. The SMILES string of the molecule is CC(C)S(=O)(=O)C(C)(C)C(=O)c1c(F)cccc1Oc1cnc2c(F)cccc2c1. The van der Waals surface area contributed by atoms with E-state index in [1.807, 2.05) is 0 Å². The van der Waals surface area contributed by atoms with Gasteiger partial charge < -0.3 is 4.74 Å². The molecule has 3 aromatic rings. The maximum Gasteiger partial charge on any atom is 0.190 e. The second-order valence-electron chi connectivity index (χ2n) is 7.63. The highest BCUT2D eigenvalue weighted by molar-refractivity contribution is 7.94. The molecule has 0 N–H and O–H groups in total. The lowest BCUT2D eigenvalue weighted by Gasteiger charge is -2.26. The number of nitrogens with zero attached hydrogens (tertiary/aromatic N) is 1. The Bertz CT molecular complexity index is 1240. The van der Waals surface area contributed by atoms with E-state index in [0.717, 1.165) is 6.07 Å². The van der Waals surface area contributed by atoms with Gasteiger partial charge in [0, 0.05) is 5.39 Å². The number of hydrogen-bond donors (Lipinski definition) is 0. The zero-order valence-corrected chi connectivity index (χ0v) is 17.8. The molecule has 0 spiro atoms. The molecule has 2 aromatic carbocycles. The van der Waals surface area contributed by atoms with Gasteiger partial charge in [0.15, 0.2) is 15.6 Å². The van der Waals surface area contributed by atoms with E-state index in [1.165, 1.54) is 64.2 Å². The molecule has 0 amide bonds. The molecular weight excluding hydrogens is 412 g/mol. The zero-order chi connectivity index (χ0) is 22.3. The second kappa shape index (κ2) is 7.75. The monoisotopic (exact) mass is 433 g/mol. The van der Waals surface area contributed by atoms with E-state index in [9.17, 15) is 22.0 Å². The number of ketones is 1. The van der Waals surface area contributed by atoms with Crippen molar-refractivity contribution in [2.45, 2.75) is 37.7 Å². The van der Waals surface area contributed by atoms with Crippen LogP contribution in [-0.2, 0) is 9.84 Å². The average molecular weight is 433 g/mol. The third kappa shape index (κ3) is 3.67. The highest BCUT2D eigenvalue weighted by Gasteiger charge is 2.45. The first-order chi connectivity index (χ1) is 14.0. The molecule has 0 radical (unpaired) electrons. The van der Waals surface area contributed by atoms with Gasteiger partial charge in [-0.25, -0.2) is 22.2 Å². The first-order valence-electron chi connectivity index (χ1n) is 9.25. The molecule has 0 atom stereocenters. The minimum Gasteiger partial charge on any atom is -0.455 e. The molecule has 0 saturated carbocycles. The number of benzene rings is 2. The maximum absolute atomic E-state index is 14.7. The van der Waals surface area contributed by atoms with Crippen LogP contribution in [0.5, 0.6) is 11.5 Å². The molecule has 5 nitrogen and oxygen atoms in total. The van der Waals surface area contributed by atoms with E-state index in [1.54, 1.807) is 6.07 Å². The van der Waals surface area contributed by atoms with Crippen LogP contribution < -0.4 is 4.74 Å². The number of rotatable bonds is 6. The van der Waals surface area contributed by atoms with Crippen LogP contribution in [0.15, 0.2) is 48.7 Å². The lowest BCUT2D eigenvalue weighted by Crippen LogP contribution is -2.44. The summed E-state index contributed by atoms with van der Waals surface area (Å²) in [7, 11) is -3.89. The number of hydrogen-bond acceptors (Lipinski definition) is 5. The van der Waals surface area contributed by atoms with Crippen LogP contribution in [0.2, 0.25) is 0 Å². The third-order valence-electron chi connectivity index (χ3n) is 4.95. The van der Waals surface area contributed by atoms with Crippen LogP contribution in [-0.4, -0.2) is 29.2 Å². The van der Waals surface area contributed by atoms with E-state index in [0.29, 0.717) is 5.39 Å². The van der Waals surface area contributed by atoms with Crippen molar-refractivity contribution in [3.63, 3.8) is 0 Å². The predicted octanol–water partition coefficient (Wildman–Crippen LogP) is 5.09. The first-order valence-corrected chi connectivity index (χ1v) is 10.8. The highest BCUT2D eigenvalue weighted by atomic mass is 32.2. The Morgan fingerprint density at radius 2 is 1.70 bits per heavy atom. The molecule has 3 rings (SSSR count). The van der Waals surface area contributed by atoms with Gasteiger partial charge >= 0.3 is 0 Å². The topological polar surface area (TPSA) is 73.3 Å². The van der Waals surface area contributed by atoms with Crippen LogP contribution >= 0.6 is 0 Å². The molecule has 0 aliphatic rings. The number of halogens is 2. The predicted molar refractivity (Wildman–Crippen MR) is 111 cm³/mol. The number of carbonyl (C=O) groups is 1. The van der Waals surface area contributed by atoms with Gasteiger partial charge in [-0.1, -0.05) is 18.2 Å². The molecule has 1 heterocycles. The van der Waals surface area contributed by atoms with Gasteiger partial charge in [0.05, 0.1) is 17.0 Å². The Kier molecular flexibility index (Phi) is 5.64. The largest absolute Gasteiger partial charge is 0.455 e. The first kappa shape index (κ1) is 21.8. The van der Waals surface area contributed by atoms with Crippen molar-refractivity contribution >= 4 is 26.5 Å². The van der Waals surface area contributed by atoms with Crippen LogP contribution in [0.4, 0.5) is 8.78 Å². The molecule has 8 heteroatoms. The molecule has 1 aromatic heterocycles. The molecule has 0 fully saturated rings. The van der Waals surface area contributed by atoms with E-state index in [4.69, 9.17) is 4.74 Å². The van der Waals surface area contributed by atoms with Gasteiger partial charge in [-0.3, -0.25) is 4.79 Å². The van der Waals surface area contributed by atoms with Gasteiger partial charge in [-0.15, -0.1) is 0 Å². The average Bonchev–Trinajstić information content (AvgIpc) is 2.67.